The Kier molecular flexibility index (Phi) is 3.23. The summed E-state index contributed by atoms with van der Waals surface area (Å²) < 4.78 is 5.43. The average molecular weight is 257 g/mol. The highest BCUT2D eigenvalue weighted by atomic mass is 16.5. The van der Waals surface area contributed by atoms with Crippen LogP contribution in [0.15, 0.2) is 28.8 Å². The minimum absolute atomic E-state index is 0.436. The predicted octanol–water partition coefficient (Wildman–Crippen LogP) is 3.61. The lowest BCUT2D eigenvalue weighted by Gasteiger charge is -2.23. The van der Waals surface area contributed by atoms with Gasteiger partial charge in [0.05, 0.1) is 0 Å². The van der Waals surface area contributed by atoms with E-state index in [-0.39, 0.29) is 0 Å². The molecule has 1 aromatic carbocycles. The third-order valence-electron chi connectivity index (χ3n) is 3.98. The van der Waals surface area contributed by atoms with Crippen LogP contribution in [0, 0.1) is 5.92 Å². The third-order valence-corrected chi connectivity index (χ3v) is 3.98. The fraction of sp³-hybridized carbons (Fsp3) is 0.467. The van der Waals surface area contributed by atoms with Crippen LogP contribution in [0.2, 0.25) is 0 Å². The Labute approximate surface area is 113 Å². The van der Waals surface area contributed by atoms with Crippen LogP contribution in [0.3, 0.4) is 0 Å². The quantitative estimate of drug-likeness (QED) is 0.835. The van der Waals surface area contributed by atoms with Crippen molar-refractivity contribution < 1.29 is 4.52 Å². The maximum atomic E-state index is 5.68. The molecule has 0 spiro atoms. The normalized spacial score (nSPS) is 23.4. The molecular formula is C15H19N3O. The van der Waals surface area contributed by atoms with Crippen molar-refractivity contribution in [2.75, 3.05) is 5.73 Å². The maximum Gasteiger partial charge on any atom is 0.230 e. The van der Waals surface area contributed by atoms with Crippen LogP contribution in [0.1, 0.15) is 44.4 Å². The number of nitrogens with zero attached hydrogens (tertiary/aromatic N) is 2. The topological polar surface area (TPSA) is 64.9 Å². The minimum atomic E-state index is 0.436. The monoisotopic (exact) mass is 257 g/mol. The van der Waals surface area contributed by atoms with E-state index < -0.39 is 0 Å². The summed E-state index contributed by atoms with van der Waals surface area (Å²) in [6.45, 7) is 2.31. The zero-order valence-electron chi connectivity index (χ0n) is 11.2. The first-order valence-electron chi connectivity index (χ1n) is 6.92. The van der Waals surface area contributed by atoms with E-state index in [0.717, 1.165) is 35.9 Å². The molecule has 1 fully saturated rings. The summed E-state index contributed by atoms with van der Waals surface area (Å²) in [5.74, 6) is 2.72. The van der Waals surface area contributed by atoms with Gasteiger partial charge in [0, 0.05) is 17.2 Å². The van der Waals surface area contributed by atoms with Gasteiger partial charge in [0.1, 0.15) is 0 Å². The minimum Gasteiger partial charge on any atom is -0.399 e. The molecule has 100 valence electrons. The summed E-state index contributed by atoms with van der Waals surface area (Å²) >= 11 is 0. The molecule has 1 heterocycles. The highest BCUT2D eigenvalue weighted by Gasteiger charge is 2.24. The van der Waals surface area contributed by atoms with Crippen molar-refractivity contribution >= 4 is 5.69 Å². The van der Waals surface area contributed by atoms with E-state index in [2.05, 4.69) is 17.1 Å². The maximum absolute atomic E-state index is 5.68. The van der Waals surface area contributed by atoms with Crippen LogP contribution in [-0.4, -0.2) is 10.1 Å². The Morgan fingerprint density at radius 3 is 2.47 bits per heavy atom. The summed E-state index contributed by atoms with van der Waals surface area (Å²) in [6, 6.07) is 7.56. The van der Waals surface area contributed by atoms with E-state index in [9.17, 15) is 0 Å². The molecule has 4 nitrogen and oxygen atoms in total. The summed E-state index contributed by atoms with van der Waals surface area (Å²) in [6.07, 6.45) is 4.82. The van der Waals surface area contributed by atoms with Crippen molar-refractivity contribution in [2.24, 2.45) is 5.92 Å². The molecule has 2 aromatic rings. The molecule has 0 unspecified atom stereocenters. The summed E-state index contributed by atoms with van der Waals surface area (Å²) in [5, 5.41) is 4.08. The molecule has 2 N–H and O–H groups in total. The lowest BCUT2D eigenvalue weighted by molar-refractivity contribution is 0.281. The summed E-state index contributed by atoms with van der Waals surface area (Å²) in [5.41, 5.74) is 7.37. The first-order chi connectivity index (χ1) is 9.22. The van der Waals surface area contributed by atoms with Gasteiger partial charge in [-0.05, 0) is 55.9 Å². The van der Waals surface area contributed by atoms with Gasteiger partial charge in [-0.1, -0.05) is 12.1 Å². The number of aromatic nitrogens is 2. The lowest BCUT2D eigenvalue weighted by atomic mass is 9.83. The van der Waals surface area contributed by atoms with Gasteiger partial charge in [0.2, 0.25) is 11.7 Å². The molecule has 1 aliphatic rings. The molecule has 3 rings (SSSR count). The lowest BCUT2D eigenvalue weighted by Crippen LogP contribution is -2.11. The standard InChI is InChI=1S/C15H19N3O/c1-10-2-4-12(5-3-10)15-17-14(18-19-15)11-6-8-13(16)9-7-11/h6-10,12H,2-5,16H2,1H3. The van der Waals surface area contributed by atoms with E-state index in [1.807, 2.05) is 24.3 Å². The molecule has 4 heteroatoms. The molecule has 0 aliphatic heterocycles. The number of anilines is 1. The van der Waals surface area contributed by atoms with Crippen molar-refractivity contribution in [1.29, 1.82) is 0 Å². The zero-order valence-corrected chi connectivity index (χ0v) is 11.2. The molecule has 0 bridgehead atoms. The van der Waals surface area contributed by atoms with Crippen LogP contribution in [0.5, 0.6) is 0 Å². The largest absolute Gasteiger partial charge is 0.399 e. The molecule has 0 amide bonds. The Bertz CT molecular complexity index is 539. The van der Waals surface area contributed by atoms with Gasteiger partial charge in [0.25, 0.3) is 0 Å². The number of nitrogen functional groups attached to an aromatic ring is 1. The SMILES string of the molecule is CC1CCC(c2nc(-c3ccc(N)cc3)no2)CC1. The smallest absolute Gasteiger partial charge is 0.230 e. The Morgan fingerprint density at radius 1 is 1.11 bits per heavy atom. The highest BCUT2D eigenvalue weighted by molar-refractivity contribution is 5.58. The van der Waals surface area contributed by atoms with Crippen molar-refractivity contribution in [2.45, 2.75) is 38.5 Å². The molecule has 19 heavy (non-hydrogen) atoms. The van der Waals surface area contributed by atoms with Gasteiger partial charge in [0.15, 0.2) is 0 Å². The average Bonchev–Trinajstić information content (AvgIpc) is 2.90. The van der Waals surface area contributed by atoms with Crippen LogP contribution >= 0.6 is 0 Å². The van der Waals surface area contributed by atoms with Crippen molar-refractivity contribution in [1.82, 2.24) is 10.1 Å². The van der Waals surface area contributed by atoms with Gasteiger partial charge in [-0.3, -0.25) is 0 Å². The van der Waals surface area contributed by atoms with E-state index in [0.29, 0.717) is 11.7 Å². The molecule has 1 aliphatic carbocycles. The zero-order chi connectivity index (χ0) is 13.2. The first kappa shape index (κ1) is 12.2. The summed E-state index contributed by atoms with van der Waals surface area (Å²) in [4.78, 5) is 4.54. The second-order valence-corrected chi connectivity index (χ2v) is 5.54. The second kappa shape index (κ2) is 5.03. The van der Waals surface area contributed by atoms with E-state index in [1.165, 1.54) is 12.8 Å². The molecule has 0 radical (unpaired) electrons. The fourth-order valence-electron chi connectivity index (χ4n) is 2.66. The van der Waals surface area contributed by atoms with Crippen molar-refractivity contribution in [3.63, 3.8) is 0 Å². The Morgan fingerprint density at radius 2 is 1.79 bits per heavy atom. The molecular weight excluding hydrogens is 238 g/mol. The van der Waals surface area contributed by atoms with Crippen LogP contribution < -0.4 is 5.73 Å². The number of hydrogen-bond donors (Lipinski definition) is 1. The van der Waals surface area contributed by atoms with E-state index >= 15 is 0 Å². The number of benzene rings is 1. The second-order valence-electron chi connectivity index (χ2n) is 5.54. The summed E-state index contributed by atoms with van der Waals surface area (Å²) in [7, 11) is 0. The van der Waals surface area contributed by atoms with Crippen molar-refractivity contribution in [3.05, 3.63) is 30.2 Å². The molecule has 1 aromatic heterocycles. The van der Waals surface area contributed by atoms with Gasteiger partial charge in [-0.2, -0.15) is 4.98 Å². The van der Waals surface area contributed by atoms with Gasteiger partial charge in [-0.25, -0.2) is 0 Å². The first-order valence-corrected chi connectivity index (χ1v) is 6.92. The van der Waals surface area contributed by atoms with Crippen molar-refractivity contribution in [3.8, 4) is 11.4 Å². The van der Waals surface area contributed by atoms with Gasteiger partial charge in [-0.15, -0.1) is 0 Å². The van der Waals surface area contributed by atoms with E-state index in [1.54, 1.807) is 0 Å². The van der Waals surface area contributed by atoms with Crippen LogP contribution in [0.25, 0.3) is 11.4 Å². The van der Waals surface area contributed by atoms with E-state index in [4.69, 9.17) is 10.3 Å². The molecule has 0 atom stereocenters. The third kappa shape index (κ3) is 2.62. The fourth-order valence-corrected chi connectivity index (χ4v) is 2.66. The van der Waals surface area contributed by atoms with Gasteiger partial charge >= 0.3 is 0 Å². The van der Waals surface area contributed by atoms with Gasteiger partial charge < -0.3 is 10.3 Å². The van der Waals surface area contributed by atoms with Crippen LogP contribution in [0.4, 0.5) is 5.69 Å². The highest BCUT2D eigenvalue weighted by Crippen LogP contribution is 2.35. The van der Waals surface area contributed by atoms with Crippen LogP contribution in [-0.2, 0) is 0 Å². The molecule has 1 saturated carbocycles. The number of rotatable bonds is 2. The number of nitrogens with two attached hydrogens (primary N) is 1. The predicted molar refractivity (Wildman–Crippen MR) is 74.5 cm³/mol. The Hall–Kier alpha value is -1.84. The number of hydrogen-bond acceptors (Lipinski definition) is 4. The molecule has 0 saturated heterocycles. The Balaban J connectivity index is 1.77.